The van der Waals surface area contributed by atoms with Gasteiger partial charge < -0.3 is 10.2 Å². The van der Waals surface area contributed by atoms with E-state index in [1.165, 1.54) is 12.1 Å². The van der Waals surface area contributed by atoms with Crippen molar-refractivity contribution in [1.29, 1.82) is 0 Å². The third-order valence-electron chi connectivity index (χ3n) is 4.81. The van der Waals surface area contributed by atoms with Crippen molar-refractivity contribution in [3.8, 4) is 11.1 Å². The molecule has 29 heavy (non-hydrogen) atoms. The Labute approximate surface area is 164 Å². The van der Waals surface area contributed by atoms with E-state index in [2.05, 4.69) is 0 Å². The SMILES string of the molecule is O=C(O)CC1(CC(=O)O)c2cc(S(=O)(=O)O)ccc2-c2ccc(S(=O)(=O)O)cc21. The summed E-state index contributed by atoms with van der Waals surface area (Å²) in [6.45, 7) is 0. The molecule has 0 bridgehead atoms. The molecule has 10 nitrogen and oxygen atoms in total. The fourth-order valence-corrected chi connectivity index (χ4v) is 4.75. The molecule has 0 fully saturated rings. The molecule has 2 aromatic rings. The molecule has 3 rings (SSSR count). The summed E-state index contributed by atoms with van der Waals surface area (Å²) in [5, 5.41) is 18.9. The molecule has 2 aromatic carbocycles. The summed E-state index contributed by atoms with van der Waals surface area (Å²) >= 11 is 0. The van der Waals surface area contributed by atoms with Gasteiger partial charge in [0, 0.05) is 5.41 Å². The second-order valence-corrected chi connectivity index (χ2v) is 9.43. The van der Waals surface area contributed by atoms with Crippen LogP contribution in [0.25, 0.3) is 11.1 Å². The second-order valence-electron chi connectivity index (χ2n) is 6.59. The molecule has 0 spiro atoms. The molecule has 154 valence electrons. The van der Waals surface area contributed by atoms with Crippen molar-refractivity contribution in [1.82, 2.24) is 0 Å². The molecule has 0 amide bonds. The average molecular weight is 442 g/mol. The van der Waals surface area contributed by atoms with E-state index >= 15 is 0 Å². The summed E-state index contributed by atoms with van der Waals surface area (Å²) in [5.41, 5.74) is -1.25. The summed E-state index contributed by atoms with van der Waals surface area (Å²) in [5.74, 6) is -2.83. The molecule has 1 aliphatic carbocycles. The average Bonchev–Trinajstić information content (AvgIpc) is 2.81. The van der Waals surface area contributed by atoms with Gasteiger partial charge in [-0.25, -0.2) is 0 Å². The second kappa shape index (κ2) is 6.62. The largest absolute Gasteiger partial charge is 0.481 e. The summed E-state index contributed by atoms with van der Waals surface area (Å²) in [7, 11) is -9.36. The van der Waals surface area contributed by atoms with Crippen molar-refractivity contribution in [2.24, 2.45) is 0 Å². The maximum Gasteiger partial charge on any atom is 0.304 e. The van der Waals surface area contributed by atoms with E-state index in [1.807, 2.05) is 0 Å². The lowest BCUT2D eigenvalue weighted by Crippen LogP contribution is -2.32. The Hall–Kier alpha value is -2.80. The normalized spacial score (nSPS) is 14.8. The van der Waals surface area contributed by atoms with Gasteiger partial charge in [-0.3, -0.25) is 18.7 Å². The van der Waals surface area contributed by atoms with Gasteiger partial charge in [0.05, 0.1) is 22.6 Å². The Kier molecular flexibility index (Phi) is 4.78. The fraction of sp³-hybridized carbons (Fsp3) is 0.176. The molecule has 0 aromatic heterocycles. The van der Waals surface area contributed by atoms with Crippen LogP contribution in [0.4, 0.5) is 0 Å². The quantitative estimate of drug-likeness (QED) is 0.477. The first-order chi connectivity index (χ1) is 13.3. The monoisotopic (exact) mass is 442 g/mol. The molecule has 0 heterocycles. The lowest BCUT2D eigenvalue weighted by molar-refractivity contribution is -0.140. The standard InChI is InChI=1S/C17H14O10S2/c18-15(19)7-17(8-16(20)21)13-5-9(28(22,23)24)1-3-11(13)12-4-2-10(6-14(12)17)29(25,26)27/h1-6H,7-8H2,(H,18,19)(H,20,21)(H,22,23,24)(H,25,26,27). The minimum absolute atomic E-state index is 0.0000808. The van der Waals surface area contributed by atoms with Crippen LogP contribution in [0.5, 0.6) is 0 Å². The minimum atomic E-state index is -4.68. The summed E-state index contributed by atoms with van der Waals surface area (Å²) < 4.78 is 64.9. The van der Waals surface area contributed by atoms with Gasteiger partial charge in [0.2, 0.25) is 0 Å². The fourth-order valence-electron chi connectivity index (χ4n) is 3.73. The van der Waals surface area contributed by atoms with Gasteiger partial charge in [-0.15, -0.1) is 0 Å². The lowest BCUT2D eigenvalue weighted by atomic mass is 9.73. The summed E-state index contributed by atoms with van der Waals surface area (Å²) in [6, 6.07) is 6.62. The number of rotatable bonds is 6. The third kappa shape index (κ3) is 3.62. The van der Waals surface area contributed by atoms with Crippen molar-refractivity contribution in [3.05, 3.63) is 47.5 Å². The van der Waals surface area contributed by atoms with Gasteiger partial charge in [-0.1, -0.05) is 12.1 Å². The van der Waals surface area contributed by atoms with Crippen LogP contribution >= 0.6 is 0 Å². The molecule has 4 N–H and O–H groups in total. The minimum Gasteiger partial charge on any atom is -0.481 e. The Bertz CT molecular complexity index is 1160. The van der Waals surface area contributed by atoms with Crippen molar-refractivity contribution in [2.45, 2.75) is 28.0 Å². The molecular formula is C17H14O10S2. The summed E-state index contributed by atoms with van der Waals surface area (Å²) in [6.07, 6.45) is -1.60. The molecule has 0 radical (unpaired) electrons. The molecule has 0 saturated carbocycles. The number of benzene rings is 2. The van der Waals surface area contributed by atoms with Crippen molar-refractivity contribution >= 4 is 32.2 Å². The maximum atomic E-state index is 11.6. The van der Waals surface area contributed by atoms with E-state index in [0.717, 1.165) is 24.3 Å². The molecule has 12 heteroatoms. The predicted octanol–water partition coefficient (Wildman–Crippen LogP) is 1.40. The van der Waals surface area contributed by atoms with E-state index in [1.54, 1.807) is 0 Å². The Morgan fingerprint density at radius 1 is 0.724 bits per heavy atom. The van der Waals surface area contributed by atoms with E-state index in [-0.39, 0.29) is 22.3 Å². The van der Waals surface area contributed by atoms with Gasteiger partial charge in [0.15, 0.2) is 0 Å². The molecule has 1 aliphatic rings. The van der Waals surface area contributed by atoms with E-state index in [4.69, 9.17) is 0 Å². The van der Waals surface area contributed by atoms with Crippen LogP contribution in [-0.4, -0.2) is 48.1 Å². The van der Waals surface area contributed by atoms with Gasteiger partial charge in [0.25, 0.3) is 20.2 Å². The third-order valence-corrected chi connectivity index (χ3v) is 6.50. The van der Waals surface area contributed by atoms with E-state index in [0.29, 0.717) is 0 Å². The highest BCUT2D eigenvalue weighted by molar-refractivity contribution is 7.86. The highest BCUT2D eigenvalue weighted by Crippen LogP contribution is 2.53. The van der Waals surface area contributed by atoms with E-state index < -0.39 is 60.2 Å². The maximum absolute atomic E-state index is 11.6. The predicted molar refractivity (Wildman–Crippen MR) is 96.8 cm³/mol. The van der Waals surface area contributed by atoms with Crippen LogP contribution < -0.4 is 0 Å². The smallest absolute Gasteiger partial charge is 0.304 e. The molecule has 0 saturated heterocycles. The number of hydrogen-bond acceptors (Lipinski definition) is 6. The van der Waals surface area contributed by atoms with Crippen LogP contribution in [0.2, 0.25) is 0 Å². The number of fused-ring (bicyclic) bond motifs is 3. The number of carbonyl (C=O) groups is 2. The zero-order chi connectivity index (χ0) is 21.8. The van der Waals surface area contributed by atoms with Crippen LogP contribution in [0.1, 0.15) is 24.0 Å². The molecular weight excluding hydrogens is 428 g/mol. The molecule has 0 aliphatic heterocycles. The van der Waals surface area contributed by atoms with Crippen LogP contribution in [0, 0.1) is 0 Å². The van der Waals surface area contributed by atoms with Crippen molar-refractivity contribution in [2.75, 3.05) is 0 Å². The van der Waals surface area contributed by atoms with Crippen LogP contribution in [0.15, 0.2) is 46.2 Å². The zero-order valence-electron chi connectivity index (χ0n) is 14.4. The van der Waals surface area contributed by atoms with Gasteiger partial charge in [-0.2, -0.15) is 16.8 Å². The topological polar surface area (TPSA) is 183 Å². The first-order valence-electron chi connectivity index (χ1n) is 7.94. The van der Waals surface area contributed by atoms with Gasteiger partial charge in [0.1, 0.15) is 0 Å². The number of carboxylic acid groups (broad SMARTS) is 2. The van der Waals surface area contributed by atoms with Gasteiger partial charge >= 0.3 is 11.9 Å². The number of aliphatic carboxylic acids is 2. The van der Waals surface area contributed by atoms with Crippen molar-refractivity contribution < 1.29 is 45.7 Å². The summed E-state index contributed by atoms with van der Waals surface area (Å²) in [4.78, 5) is 22.1. The van der Waals surface area contributed by atoms with E-state index in [9.17, 15) is 45.7 Å². The highest BCUT2D eigenvalue weighted by Gasteiger charge is 2.47. The Morgan fingerprint density at radius 3 is 1.34 bits per heavy atom. The first-order valence-corrected chi connectivity index (χ1v) is 10.8. The number of hydrogen-bond donors (Lipinski definition) is 4. The van der Waals surface area contributed by atoms with Gasteiger partial charge in [-0.05, 0) is 46.5 Å². The van der Waals surface area contributed by atoms with Crippen molar-refractivity contribution in [3.63, 3.8) is 0 Å². The highest BCUT2D eigenvalue weighted by atomic mass is 32.2. The van der Waals surface area contributed by atoms with Crippen LogP contribution in [-0.2, 0) is 35.2 Å². The first kappa shape index (κ1) is 20.9. The Balaban J connectivity index is 2.44. The zero-order valence-corrected chi connectivity index (χ0v) is 16.1. The molecule has 0 unspecified atom stereocenters. The van der Waals surface area contributed by atoms with Crippen LogP contribution in [0.3, 0.4) is 0 Å². The lowest BCUT2D eigenvalue weighted by Gasteiger charge is -2.29. The number of carboxylic acids is 2. The molecule has 0 atom stereocenters. The Morgan fingerprint density at radius 2 is 1.07 bits per heavy atom.